The van der Waals surface area contributed by atoms with Gasteiger partial charge < -0.3 is 20.3 Å². The molecule has 1 aliphatic heterocycles. The lowest BCUT2D eigenvalue weighted by molar-refractivity contribution is 0.111. The number of nitrogens with one attached hydrogen (secondary N) is 2. The molecule has 3 N–H and O–H groups in total. The summed E-state index contributed by atoms with van der Waals surface area (Å²) in [5.74, 6) is 0.699. The molecular formula is C30H44N6O. The van der Waals surface area contributed by atoms with Crippen molar-refractivity contribution in [2.75, 3.05) is 18.4 Å². The molecule has 1 aliphatic carbocycles. The summed E-state index contributed by atoms with van der Waals surface area (Å²) in [5.41, 5.74) is 4.73. The van der Waals surface area contributed by atoms with Gasteiger partial charge in [0.05, 0.1) is 6.10 Å². The summed E-state index contributed by atoms with van der Waals surface area (Å²) in [5, 5.41) is 18.2. The van der Waals surface area contributed by atoms with Gasteiger partial charge in [0, 0.05) is 67.1 Å². The standard InChI is InChI=1S/C30H44N6O/c1-5-6-20(2)33-30-32-16-27-28(19-36(29(27)34-30)25-11-13-26(37)14-12-25)24-9-7-23(8-10-24)18-35-17-21(3)31-15-22(35)4/h7-10,16,19-22,25-26,31,37H,5-6,11-15,17-18H2,1-4H3,(H,32,33,34). The molecule has 7 nitrogen and oxygen atoms in total. The van der Waals surface area contributed by atoms with Crippen molar-refractivity contribution in [3.63, 3.8) is 0 Å². The molecule has 1 aromatic carbocycles. The highest BCUT2D eigenvalue weighted by Gasteiger charge is 2.25. The van der Waals surface area contributed by atoms with Crippen LogP contribution in [-0.2, 0) is 6.54 Å². The van der Waals surface area contributed by atoms with Crippen molar-refractivity contribution in [1.29, 1.82) is 0 Å². The van der Waals surface area contributed by atoms with Crippen LogP contribution in [0.3, 0.4) is 0 Å². The van der Waals surface area contributed by atoms with Crippen LogP contribution in [0.2, 0.25) is 0 Å². The van der Waals surface area contributed by atoms with Gasteiger partial charge in [-0.15, -0.1) is 0 Å². The van der Waals surface area contributed by atoms with E-state index >= 15 is 0 Å². The first-order valence-electron chi connectivity index (χ1n) is 14.3. The van der Waals surface area contributed by atoms with Crippen LogP contribution in [0.5, 0.6) is 0 Å². The minimum Gasteiger partial charge on any atom is -0.393 e. The summed E-state index contributed by atoms with van der Waals surface area (Å²) >= 11 is 0. The normalized spacial score (nSPS) is 25.9. The van der Waals surface area contributed by atoms with Crippen molar-refractivity contribution in [3.8, 4) is 11.1 Å². The molecule has 37 heavy (non-hydrogen) atoms. The van der Waals surface area contributed by atoms with E-state index in [1.54, 1.807) is 0 Å². The second-order valence-corrected chi connectivity index (χ2v) is 11.5. The van der Waals surface area contributed by atoms with E-state index in [-0.39, 0.29) is 6.10 Å². The molecule has 200 valence electrons. The first-order chi connectivity index (χ1) is 17.9. The number of hydrogen-bond acceptors (Lipinski definition) is 6. The number of piperazine rings is 1. The maximum Gasteiger partial charge on any atom is 0.224 e. The number of nitrogens with zero attached hydrogens (tertiary/aromatic N) is 4. The lowest BCUT2D eigenvalue weighted by atomic mass is 9.93. The van der Waals surface area contributed by atoms with Gasteiger partial charge in [-0.25, -0.2) is 4.98 Å². The Hall–Kier alpha value is -2.48. The largest absolute Gasteiger partial charge is 0.393 e. The van der Waals surface area contributed by atoms with Crippen LogP contribution >= 0.6 is 0 Å². The van der Waals surface area contributed by atoms with Gasteiger partial charge in [-0.1, -0.05) is 37.6 Å². The Labute approximate surface area is 221 Å². The molecule has 2 aromatic heterocycles. The highest BCUT2D eigenvalue weighted by Crippen LogP contribution is 2.37. The number of aromatic nitrogens is 3. The summed E-state index contributed by atoms with van der Waals surface area (Å²) in [4.78, 5) is 12.3. The van der Waals surface area contributed by atoms with Crippen molar-refractivity contribution in [3.05, 3.63) is 42.2 Å². The fraction of sp³-hybridized carbons (Fsp3) is 0.600. The molecule has 7 heteroatoms. The first kappa shape index (κ1) is 26.1. The molecule has 5 rings (SSSR count). The molecule has 0 bridgehead atoms. The predicted molar refractivity (Wildman–Crippen MR) is 152 cm³/mol. The third kappa shape index (κ3) is 6.00. The number of hydrogen-bond donors (Lipinski definition) is 3. The Morgan fingerprint density at radius 2 is 1.89 bits per heavy atom. The third-order valence-electron chi connectivity index (χ3n) is 8.27. The van der Waals surface area contributed by atoms with Gasteiger partial charge in [0.15, 0.2) is 0 Å². The van der Waals surface area contributed by atoms with Gasteiger partial charge in [-0.05, 0) is 64.0 Å². The maximum atomic E-state index is 10.1. The summed E-state index contributed by atoms with van der Waals surface area (Å²) in [6.07, 6.45) is 9.96. The monoisotopic (exact) mass is 504 g/mol. The Morgan fingerprint density at radius 3 is 2.62 bits per heavy atom. The molecule has 0 amide bonds. The lowest BCUT2D eigenvalue weighted by Gasteiger charge is -2.37. The number of benzene rings is 1. The van der Waals surface area contributed by atoms with Gasteiger partial charge in [0.2, 0.25) is 5.95 Å². The summed E-state index contributed by atoms with van der Waals surface area (Å²) in [6, 6.07) is 10.8. The van der Waals surface area contributed by atoms with Crippen LogP contribution in [0, 0.1) is 0 Å². The van der Waals surface area contributed by atoms with Gasteiger partial charge >= 0.3 is 0 Å². The maximum absolute atomic E-state index is 10.1. The van der Waals surface area contributed by atoms with Crippen LogP contribution in [0.15, 0.2) is 36.7 Å². The topological polar surface area (TPSA) is 78.2 Å². The van der Waals surface area contributed by atoms with Crippen molar-refractivity contribution >= 4 is 17.0 Å². The molecule has 2 fully saturated rings. The summed E-state index contributed by atoms with van der Waals surface area (Å²) in [6.45, 7) is 12.1. The zero-order valence-electron chi connectivity index (χ0n) is 23.0. The lowest BCUT2D eigenvalue weighted by Crippen LogP contribution is -2.53. The van der Waals surface area contributed by atoms with E-state index in [0.717, 1.165) is 69.2 Å². The Kier molecular flexibility index (Phi) is 8.12. The highest BCUT2D eigenvalue weighted by molar-refractivity contribution is 5.94. The number of rotatable bonds is 8. The van der Waals surface area contributed by atoms with E-state index in [2.05, 4.69) is 78.3 Å². The fourth-order valence-electron chi connectivity index (χ4n) is 6.01. The summed E-state index contributed by atoms with van der Waals surface area (Å²) in [7, 11) is 0. The van der Waals surface area contributed by atoms with E-state index in [0.29, 0.717) is 30.1 Å². The number of anilines is 1. The molecule has 3 aromatic rings. The van der Waals surface area contributed by atoms with E-state index < -0.39 is 0 Å². The van der Waals surface area contributed by atoms with Crippen LogP contribution in [-0.4, -0.2) is 61.9 Å². The van der Waals surface area contributed by atoms with Crippen molar-refractivity contribution in [1.82, 2.24) is 24.8 Å². The number of aliphatic hydroxyl groups excluding tert-OH is 1. The van der Waals surface area contributed by atoms with E-state index in [4.69, 9.17) is 9.97 Å². The molecule has 1 saturated carbocycles. The second kappa shape index (κ2) is 11.5. The Morgan fingerprint density at radius 1 is 1.14 bits per heavy atom. The zero-order chi connectivity index (χ0) is 25.9. The SMILES string of the molecule is CCCC(C)Nc1ncc2c(-c3ccc(CN4CC(C)NCC4C)cc3)cn(C3CCC(O)CC3)c2n1. The molecule has 0 radical (unpaired) electrons. The highest BCUT2D eigenvalue weighted by atomic mass is 16.3. The van der Waals surface area contributed by atoms with Crippen LogP contribution in [0.25, 0.3) is 22.2 Å². The predicted octanol–water partition coefficient (Wildman–Crippen LogP) is 5.36. The van der Waals surface area contributed by atoms with Crippen LogP contribution in [0.1, 0.15) is 77.8 Å². The van der Waals surface area contributed by atoms with Crippen molar-refractivity contribution in [2.24, 2.45) is 0 Å². The molecule has 3 atom stereocenters. The molecular weight excluding hydrogens is 460 g/mol. The third-order valence-corrected chi connectivity index (χ3v) is 8.27. The number of fused-ring (bicyclic) bond motifs is 1. The van der Waals surface area contributed by atoms with Crippen LogP contribution < -0.4 is 10.6 Å². The summed E-state index contributed by atoms with van der Waals surface area (Å²) < 4.78 is 2.35. The van der Waals surface area contributed by atoms with Crippen LogP contribution in [0.4, 0.5) is 5.95 Å². The van der Waals surface area contributed by atoms with Gasteiger partial charge in [-0.3, -0.25) is 4.90 Å². The zero-order valence-corrected chi connectivity index (χ0v) is 23.0. The minimum absolute atomic E-state index is 0.173. The molecule has 3 heterocycles. The minimum atomic E-state index is -0.173. The van der Waals surface area contributed by atoms with Gasteiger partial charge in [0.1, 0.15) is 5.65 Å². The Bertz CT molecular complexity index is 1170. The molecule has 0 spiro atoms. The molecule has 2 aliphatic rings. The second-order valence-electron chi connectivity index (χ2n) is 11.5. The first-order valence-corrected chi connectivity index (χ1v) is 14.3. The van der Waals surface area contributed by atoms with Crippen molar-refractivity contribution < 1.29 is 5.11 Å². The van der Waals surface area contributed by atoms with Gasteiger partial charge in [0.25, 0.3) is 0 Å². The van der Waals surface area contributed by atoms with E-state index in [9.17, 15) is 5.11 Å². The van der Waals surface area contributed by atoms with E-state index in [1.807, 2.05) is 6.20 Å². The number of aliphatic hydroxyl groups is 1. The molecule has 1 saturated heterocycles. The average molecular weight is 505 g/mol. The quantitative estimate of drug-likeness (QED) is 0.383. The van der Waals surface area contributed by atoms with Crippen molar-refractivity contribution in [2.45, 2.75) is 103 Å². The smallest absolute Gasteiger partial charge is 0.224 e. The fourth-order valence-corrected chi connectivity index (χ4v) is 6.01. The van der Waals surface area contributed by atoms with E-state index in [1.165, 1.54) is 16.7 Å². The average Bonchev–Trinajstić information content (AvgIpc) is 3.26. The van der Waals surface area contributed by atoms with Gasteiger partial charge in [-0.2, -0.15) is 4.98 Å². The molecule has 3 unspecified atom stereocenters. The Balaban J connectivity index is 1.44.